The number of benzene rings is 1. The minimum Gasteiger partial charge on any atom is -0.378 e. The number of amides is 1. The average Bonchev–Trinajstić information content (AvgIpc) is 2.89. The van der Waals surface area contributed by atoms with Crippen LogP contribution in [0.3, 0.4) is 0 Å². The third-order valence-corrected chi connectivity index (χ3v) is 4.10. The maximum Gasteiger partial charge on any atom is 0.259 e. The molecule has 1 N–H and O–H groups in total. The van der Waals surface area contributed by atoms with Crippen molar-refractivity contribution in [1.29, 1.82) is 0 Å². The second kappa shape index (κ2) is 6.42. The van der Waals surface area contributed by atoms with E-state index in [1.807, 2.05) is 33.0 Å². The van der Waals surface area contributed by atoms with Gasteiger partial charge in [-0.25, -0.2) is 0 Å². The van der Waals surface area contributed by atoms with Crippen molar-refractivity contribution in [2.75, 3.05) is 36.5 Å². The van der Waals surface area contributed by atoms with E-state index in [1.54, 1.807) is 10.9 Å². The Balaban J connectivity index is 1.81. The summed E-state index contributed by atoms with van der Waals surface area (Å²) in [5.41, 5.74) is 4.31. The molecule has 0 spiro atoms. The maximum atomic E-state index is 12.5. The van der Waals surface area contributed by atoms with Gasteiger partial charge in [0.1, 0.15) is 0 Å². The van der Waals surface area contributed by atoms with E-state index in [9.17, 15) is 4.79 Å². The van der Waals surface area contributed by atoms with Crippen molar-refractivity contribution >= 4 is 17.3 Å². The summed E-state index contributed by atoms with van der Waals surface area (Å²) in [5, 5.41) is 7.23. The van der Waals surface area contributed by atoms with Crippen LogP contribution in [-0.2, 0) is 11.8 Å². The van der Waals surface area contributed by atoms with Crippen molar-refractivity contribution in [3.63, 3.8) is 0 Å². The summed E-state index contributed by atoms with van der Waals surface area (Å²) < 4.78 is 7.05. The lowest BCUT2D eigenvalue weighted by Gasteiger charge is -2.29. The normalized spacial score (nSPS) is 14.8. The minimum absolute atomic E-state index is 0.127. The molecule has 3 rings (SSSR count). The molecule has 0 aliphatic carbocycles. The fourth-order valence-corrected chi connectivity index (χ4v) is 2.78. The highest BCUT2D eigenvalue weighted by molar-refractivity contribution is 6.05. The molecule has 0 saturated carbocycles. The van der Waals surface area contributed by atoms with Crippen LogP contribution < -0.4 is 10.2 Å². The monoisotopic (exact) mass is 314 g/mol. The van der Waals surface area contributed by atoms with E-state index in [0.717, 1.165) is 48.9 Å². The Hall–Kier alpha value is -2.34. The lowest BCUT2D eigenvalue weighted by molar-refractivity contribution is 0.102. The van der Waals surface area contributed by atoms with Crippen LogP contribution in [0.2, 0.25) is 0 Å². The zero-order valence-corrected chi connectivity index (χ0v) is 13.8. The quantitative estimate of drug-likeness (QED) is 0.943. The third-order valence-electron chi connectivity index (χ3n) is 4.10. The molecule has 0 atom stereocenters. The Bertz CT molecular complexity index is 717. The van der Waals surface area contributed by atoms with Crippen LogP contribution in [0.15, 0.2) is 24.4 Å². The molecule has 0 bridgehead atoms. The van der Waals surface area contributed by atoms with E-state index in [0.29, 0.717) is 5.56 Å². The molecule has 6 heteroatoms. The predicted molar refractivity (Wildman–Crippen MR) is 90.1 cm³/mol. The number of morpholine rings is 1. The Morgan fingerprint density at radius 2 is 2.00 bits per heavy atom. The molecule has 1 aliphatic heterocycles. The molecule has 1 fully saturated rings. The van der Waals surface area contributed by atoms with E-state index in [2.05, 4.69) is 21.4 Å². The maximum absolute atomic E-state index is 12.5. The molecule has 1 aromatic heterocycles. The highest BCUT2D eigenvalue weighted by Crippen LogP contribution is 2.24. The molecule has 0 unspecified atom stereocenters. The van der Waals surface area contributed by atoms with Gasteiger partial charge in [0.05, 0.1) is 24.5 Å². The van der Waals surface area contributed by atoms with Crippen molar-refractivity contribution in [2.24, 2.45) is 7.05 Å². The second-order valence-corrected chi connectivity index (χ2v) is 5.85. The number of hydrogen-bond donors (Lipinski definition) is 1. The summed E-state index contributed by atoms with van der Waals surface area (Å²) in [7, 11) is 1.81. The molecule has 1 amide bonds. The molecule has 6 nitrogen and oxygen atoms in total. The van der Waals surface area contributed by atoms with Crippen LogP contribution >= 0.6 is 0 Å². The number of nitrogens with zero attached hydrogens (tertiary/aromatic N) is 3. The first kappa shape index (κ1) is 15.6. The van der Waals surface area contributed by atoms with Crippen molar-refractivity contribution < 1.29 is 9.53 Å². The van der Waals surface area contributed by atoms with Crippen LogP contribution in [0, 0.1) is 13.8 Å². The molecule has 2 heterocycles. The van der Waals surface area contributed by atoms with Crippen LogP contribution in [-0.4, -0.2) is 42.0 Å². The van der Waals surface area contributed by atoms with Crippen molar-refractivity contribution in [3.05, 3.63) is 41.2 Å². The van der Waals surface area contributed by atoms with Crippen LogP contribution in [0.1, 0.15) is 21.6 Å². The molecule has 1 aromatic carbocycles. The number of hydrogen-bond acceptors (Lipinski definition) is 4. The Labute approximate surface area is 136 Å². The number of nitrogens with one attached hydrogen (secondary N) is 1. The molecule has 1 aliphatic rings. The summed E-state index contributed by atoms with van der Waals surface area (Å²) in [6.45, 7) is 7.06. The topological polar surface area (TPSA) is 59.4 Å². The summed E-state index contributed by atoms with van der Waals surface area (Å²) in [5.74, 6) is -0.127. The molecule has 2 aromatic rings. The standard InChI is InChI=1S/C17H22N4O2/c1-12-4-5-14(21-6-8-23-9-7-21)10-16(12)18-17(22)15-11-20(3)19-13(15)2/h4-5,10-11H,6-9H2,1-3H3,(H,18,22). The van der Waals surface area contributed by atoms with Gasteiger partial charge in [0.2, 0.25) is 0 Å². The minimum atomic E-state index is -0.127. The third kappa shape index (κ3) is 3.37. The lowest BCUT2D eigenvalue weighted by Crippen LogP contribution is -2.36. The summed E-state index contributed by atoms with van der Waals surface area (Å²) in [4.78, 5) is 14.8. The molecule has 122 valence electrons. The van der Waals surface area contributed by atoms with E-state index in [1.165, 1.54) is 0 Å². The van der Waals surface area contributed by atoms with E-state index in [-0.39, 0.29) is 5.91 Å². The Morgan fingerprint density at radius 3 is 2.65 bits per heavy atom. The number of anilines is 2. The number of carbonyl (C=O) groups excluding carboxylic acids is 1. The van der Waals surface area contributed by atoms with Crippen LogP contribution in [0.4, 0.5) is 11.4 Å². The average molecular weight is 314 g/mol. The van der Waals surface area contributed by atoms with E-state index >= 15 is 0 Å². The molecule has 23 heavy (non-hydrogen) atoms. The fraction of sp³-hybridized carbons (Fsp3) is 0.412. The van der Waals surface area contributed by atoms with Gasteiger partial charge in [-0.05, 0) is 31.5 Å². The predicted octanol–water partition coefficient (Wildman–Crippen LogP) is 2.13. The number of ether oxygens (including phenoxy) is 1. The van der Waals surface area contributed by atoms with Gasteiger partial charge in [-0.2, -0.15) is 5.10 Å². The van der Waals surface area contributed by atoms with Gasteiger partial charge in [0.15, 0.2) is 0 Å². The van der Waals surface area contributed by atoms with Gasteiger partial charge in [0, 0.05) is 37.7 Å². The first-order chi connectivity index (χ1) is 11.0. The molecule has 1 saturated heterocycles. The molecule has 0 radical (unpaired) electrons. The highest BCUT2D eigenvalue weighted by Gasteiger charge is 2.16. The Kier molecular flexibility index (Phi) is 4.34. The van der Waals surface area contributed by atoms with Gasteiger partial charge < -0.3 is 15.0 Å². The summed E-state index contributed by atoms with van der Waals surface area (Å²) in [6, 6.07) is 6.16. The number of aryl methyl sites for hydroxylation is 3. The zero-order chi connectivity index (χ0) is 16.4. The van der Waals surface area contributed by atoms with Gasteiger partial charge >= 0.3 is 0 Å². The van der Waals surface area contributed by atoms with Gasteiger partial charge in [-0.15, -0.1) is 0 Å². The lowest BCUT2D eigenvalue weighted by atomic mass is 10.1. The fourth-order valence-electron chi connectivity index (χ4n) is 2.78. The van der Waals surface area contributed by atoms with Gasteiger partial charge in [-0.3, -0.25) is 9.48 Å². The largest absolute Gasteiger partial charge is 0.378 e. The SMILES string of the molecule is Cc1ccc(N2CCOCC2)cc1NC(=O)c1cn(C)nc1C. The van der Waals surface area contributed by atoms with Crippen LogP contribution in [0.5, 0.6) is 0 Å². The van der Waals surface area contributed by atoms with Crippen LogP contribution in [0.25, 0.3) is 0 Å². The zero-order valence-electron chi connectivity index (χ0n) is 13.8. The van der Waals surface area contributed by atoms with Crippen molar-refractivity contribution in [1.82, 2.24) is 9.78 Å². The van der Waals surface area contributed by atoms with Gasteiger partial charge in [0.25, 0.3) is 5.91 Å². The second-order valence-electron chi connectivity index (χ2n) is 5.85. The summed E-state index contributed by atoms with van der Waals surface area (Å²) >= 11 is 0. The first-order valence-electron chi connectivity index (χ1n) is 7.79. The first-order valence-corrected chi connectivity index (χ1v) is 7.79. The highest BCUT2D eigenvalue weighted by atomic mass is 16.5. The number of carbonyl (C=O) groups is 1. The smallest absolute Gasteiger partial charge is 0.259 e. The molecular weight excluding hydrogens is 292 g/mol. The van der Waals surface area contributed by atoms with Gasteiger partial charge in [-0.1, -0.05) is 6.07 Å². The van der Waals surface area contributed by atoms with Crippen molar-refractivity contribution in [2.45, 2.75) is 13.8 Å². The number of rotatable bonds is 3. The van der Waals surface area contributed by atoms with Crippen molar-refractivity contribution in [3.8, 4) is 0 Å². The van der Waals surface area contributed by atoms with E-state index in [4.69, 9.17) is 4.74 Å². The number of aromatic nitrogens is 2. The van der Waals surface area contributed by atoms with E-state index < -0.39 is 0 Å². The Morgan fingerprint density at radius 1 is 1.26 bits per heavy atom. The molecular formula is C17H22N4O2. The summed E-state index contributed by atoms with van der Waals surface area (Å²) in [6.07, 6.45) is 1.74.